The Balaban J connectivity index is 1.51. The lowest BCUT2D eigenvalue weighted by atomic mass is 10.1. The third-order valence-electron chi connectivity index (χ3n) is 5.66. The number of aryl methyl sites for hydroxylation is 2. The molecule has 1 N–H and O–H groups in total. The number of nitrogens with one attached hydrogen (secondary N) is 1. The molecular weight excluding hydrogens is 472 g/mol. The second kappa shape index (κ2) is 11.4. The number of hydrogen-bond acceptors (Lipinski definition) is 6. The zero-order valence-electron chi connectivity index (χ0n) is 20.9. The van der Waals surface area contributed by atoms with Gasteiger partial charge in [0.05, 0.1) is 12.3 Å². The third kappa shape index (κ3) is 5.98. The zero-order valence-corrected chi connectivity index (χ0v) is 20.9. The van der Waals surface area contributed by atoms with Crippen molar-refractivity contribution in [2.75, 3.05) is 24.7 Å². The summed E-state index contributed by atoms with van der Waals surface area (Å²) < 4.78 is 17.4. The Bertz CT molecular complexity index is 1350. The highest BCUT2D eigenvalue weighted by Gasteiger charge is 2.36. The number of ether oxygens (including phenoxy) is 3. The Kier molecular flexibility index (Phi) is 7.88. The fourth-order valence-corrected chi connectivity index (χ4v) is 3.78. The number of barbiturate groups is 1. The van der Waals surface area contributed by atoms with Gasteiger partial charge in [0.1, 0.15) is 24.5 Å². The van der Waals surface area contributed by atoms with Crippen LogP contribution in [0, 0.1) is 13.8 Å². The minimum atomic E-state index is -0.789. The summed E-state index contributed by atoms with van der Waals surface area (Å²) >= 11 is 0. The quantitative estimate of drug-likeness (QED) is 0.257. The lowest BCUT2D eigenvalue weighted by molar-refractivity contribution is -0.122. The van der Waals surface area contributed by atoms with Gasteiger partial charge in [0.15, 0.2) is 11.5 Å². The molecule has 0 bridgehead atoms. The fraction of sp³-hybridized carbons (Fsp3) is 0.207. The van der Waals surface area contributed by atoms with E-state index >= 15 is 0 Å². The summed E-state index contributed by atoms with van der Waals surface area (Å²) in [6.45, 7) is 6.76. The summed E-state index contributed by atoms with van der Waals surface area (Å²) in [5, 5.41) is 2.24. The van der Waals surface area contributed by atoms with Crippen LogP contribution >= 0.6 is 0 Å². The minimum absolute atomic E-state index is 0.164. The zero-order chi connectivity index (χ0) is 26.4. The number of benzene rings is 3. The highest BCUT2D eigenvalue weighted by molar-refractivity contribution is 6.39. The summed E-state index contributed by atoms with van der Waals surface area (Å²) in [7, 11) is 0. The van der Waals surface area contributed by atoms with Crippen LogP contribution in [0.3, 0.4) is 0 Å². The minimum Gasteiger partial charge on any atom is -0.490 e. The molecule has 1 fully saturated rings. The first-order valence-electron chi connectivity index (χ1n) is 11.9. The van der Waals surface area contributed by atoms with Crippen LogP contribution in [0.5, 0.6) is 17.2 Å². The van der Waals surface area contributed by atoms with Crippen LogP contribution in [0.15, 0.2) is 72.3 Å². The Labute approximate surface area is 215 Å². The monoisotopic (exact) mass is 500 g/mol. The summed E-state index contributed by atoms with van der Waals surface area (Å²) in [4.78, 5) is 39.0. The van der Waals surface area contributed by atoms with Crippen LogP contribution in [0.4, 0.5) is 10.5 Å². The summed E-state index contributed by atoms with van der Waals surface area (Å²) in [6, 6.07) is 18.9. The number of anilines is 1. The molecule has 0 radical (unpaired) electrons. The van der Waals surface area contributed by atoms with Crippen LogP contribution < -0.4 is 24.4 Å². The van der Waals surface area contributed by atoms with Gasteiger partial charge in [0.25, 0.3) is 11.8 Å². The topological polar surface area (TPSA) is 94.2 Å². The molecule has 8 nitrogen and oxygen atoms in total. The molecule has 1 saturated heterocycles. The van der Waals surface area contributed by atoms with Crippen molar-refractivity contribution in [1.82, 2.24) is 5.32 Å². The van der Waals surface area contributed by atoms with Crippen molar-refractivity contribution in [2.24, 2.45) is 0 Å². The Morgan fingerprint density at radius 3 is 2.22 bits per heavy atom. The predicted octanol–water partition coefficient (Wildman–Crippen LogP) is 4.83. The first-order valence-corrected chi connectivity index (χ1v) is 11.9. The number of amides is 4. The SMILES string of the molecule is CCOc1cc(/C=C2\C(=O)NC(=O)N(c3ccc(C)cc3)C2=O)ccc1OCCOc1ccccc1C. The van der Waals surface area contributed by atoms with Gasteiger partial charge >= 0.3 is 6.03 Å². The molecule has 0 saturated carbocycles. The molecule has 3 aromatic rings. The Morgan fingerprint density at radius 2 is 1.51 bits per heavy atom. The molecule has 1 heterocycles. The lowest BCUT2D eigenvalue weighted by Gasteiger charge is -2.26. The van der Waals surface area contributed by atoms with Crippen molar-refractivity contribution < 1.29 is 28.6 Å². The van der Waals surface area contributed by atoms with E-state index < -0.39 is 17.8 Å². The van der Waals surface area contributed by atoms with E-state index in [-0.39, 0.29) is 5.57 Å². The van der Waals surface area contributed by atoms with Gasteiger partial charge in [-0.25, -0.2) is 9.69 Å². The molecule has 0 atom stereocenters. The molecule has 4 amide bonds. The van der Waals surface area contributed by atoms with E-state index in [0.717, 1.165) is 21.8 Å². The van der Waals surface area contributed by atoms with Crippen LogP contribution in [-0.2, 0) is 9.59 Å². The number of carbonyl (C=O) groups excluding carboxylic acids is 3. The molecule has 1 aliphatic rings. The number of para-hydroxylation sites is 1. The molecular formula is C29H28N2O6. The molecule has 0 unspecified atom stereocenters. The van der Waals surface area contributed by atoms with Gasteiger partial charge < -0.3 is 14.2 Å². The van der Waals surface area contributed by atoms with Gasteiger partial charge in [-0.15, -0.1) is 0 Å². The van der Waals surface area contributed by atoms with E-state index in [1.807, 2.05) is 45.0 Å². The maximum absolute atomic E-state index is 13.1. The average Bonchev–Trinajstić information content (AvgIpc) is 2.87. The number of rotatable bonds is 9. The molecule has 0 aromatic heterocycles. The number of hydrogen-bond donors (Lipinski definition) is 1. The molecule has 0 spiro atoms. The number of imide groups is 2. The van der Waals surface area contributed by atoms with Crippen molar-refractivity contribution in [1.29, 1.82) is 0 Å². The lowest BCUT2D eigenvalue weighted by Crippen LogP contribution is -2.54. The first kappa shape index (κ1) is 25.5. The van der Waals surface area contributed by atoms with Crippen LogP contribution in [0.25, 0.3) is 6.08 Å². The van der Waals surface area contributed by atoms with Gasteiger partial charge in [0.2, 0.25) is 0 Å². The summed E-state index contributed by atoms with van der Waals surface area (Å²) in [5.41, 5.74) is 2.77. The van der Waals surface area contributed by atoms with Gasteiger partial charge in [-0.2, -0.15) is 0 Å². The van der Waals surface area contributed by atoms with Crippen molar-refractivity contribution >= 4 is 29.6 Å². The third-order valence-corrected chi connectivity index (χ3v) is 5.66. The Morgan fingerprint density at radius 1 is 0.811 bits per heavy atom. The van der Waals surface area contributed by atoms with E-state index in [4.69, 9.17) is 14.2 Å². The van der Waals surface area contributed by atoms with Gasteiger partial charge in [-0.05, 0) is 68.3 Å². The molecule has 1 aliphatic heterocycles. The van der Waals surface area contributed by atoms with Crippen LogP contribution in [0.1, 0.15) is 23.6 Å². The molecule has 37 heavy (non-hydrogen) atoms. The van der Waals surface area contributed by atoms with E-state index in [2.05, 4.69) is 5.32 Å². The molecule has 4 rings (SSSR count). The van der Waals surface area contributed by atoms with Crippen molar-refractivity contribution in [3.8, 4) is 17.2 Å². The Hall–Kier alpha value is -4.59. The van der Waals surface area contributed by atoms with E-state index in [9.17, 15) is 14.4 Å². The van der Waals surface area contributed by atoms with Crippen LogP contribution in [0.2, 0.25) is 0 Å². The molecule has 8 heteroatoms. The number of carbonyl (C=O) groups is 3. The summed E-state index contributed by atoms with van der Waals surface area (Å²) in [5.74, 6) is 0.303. The highest BCUT2D eigenvalue weighted by atomic mass is 16.5. The van der Waals surface area contributed by atoms with Gasteiger partial charge in [0, 0.05) is 0 Å². The van der Waals surface area contributed by atoms with Gasteiger partial charge in [-0.1, -0.05) is 42.0 Å². The van der Waals surface area contributed by atoms with E-state index in [1.54, 1.807) is 42.5 Å². The van der Waals surface area contributed by atoms with Crippen LogP contribution in [-0.4, -0.2) is 37.7 Å². The predicted molar refractivity (Wildman–Crippen MR) is 140 cm³/mol. The smallest absolute Gasteiger partial charge is 0.335 e. The van der Waals surface area contributed by atoms with Gasteiger partial charge in [-0.3, -0.25) is 14.9 Å². The number of nitrogens with zero attached hydrogens (tertiary/aromatic N) is 1. The average molecular weight is 501 g/mol. The molecule has 3 aromatic carbocycles. The first-order chi connectivity index (χ1) is 17.9. The van der Waals surface area contributed by atoms with Crippen molar-refractivity contribution in [2.45, 2.75) is 20.8 Å². The number of urea groups is 1. The normalized spacial score (nSPS) is 14.5. The standard InChI is InChI=1S/C29H28N2O6/c1-4-35-26-18-21(11-14-25(26)37-16-15-36-24-8-6-5-7-20(24)3)17-23-27(32)30-29(34)31(28(23)33)22-12-9-19(2)10-13-22/h5-14,17-18H,4,15-16H2,1-3H3,(H,30,32,34)/b23-17+. The van der Waals surface area contributed by atoms with Crippen molar-refractivity contribution in [3.05, 3.63) is 89.0 Å². The second-order valence-corrected chi connectivity index (χ2v) is 8.40. The fourth-order valence-electron chi connectivity index (χ4n) is 3.78. The second-order valence-electron chi connectivity index (χ2n) is 8.40. The van der Waals surface area contributed by atoms with Crippen molar-refractivity contribution in [3.63, 3.8) is 0 Å². The maximum Gasteiger partial charge on any atom is 0.335 e. The largest absolute Gasteiger partial charge is 0.490 e. The highest BCUT2D eigenvalue weighted by Crippen LogP contribution is 2.30. The van der Waals surface area contributed by atoms with E-state index in [1.165, 1.54) is 6.08 Å². The molecule has 0 aliphatic carbocycles. The summed E-state index contributed by atoms with van der Waals surface area (Å²) in [6.07, 6.45) is 1.43. The molecule has 190 valence electrons. The maximum atomic E-state index is 13.1. The van der Waals surface area contributed by atoms with E-state index in [0.29, 0.717) is 42.6 Å².